The molecule has 0 fully saturated rings. The number of esters is 1. The van der Waals surface area contributed by atoms with E-state index in [0.29, 0.717) is 0 Å². The fraction of sp³-hybridized carbons (Fsp3) is 0.250. The Kier molecular flexibility index (Phi) is 8.37. The van der Waals surface area contributed by atoms with E-state index in [4.69, 9.17) is 4.74 Å². The molecule has 2 amide bonds. The van der Waals surface area contributed by atoms with Crippen LogP contribution in [0.2, 0.25) is 0 Å². The molecule has 188 valence electrons. The Morgan fingerprint density at radius 3 is 2.56 bits per heavy atom. The van der Waals surface area contributed by atoms with Crippen LogP contribution in [0.25, 0.3) is 0 Å². The second-order valence-corrected chi connectivity index (χ2v) is 8.47. The van der Waals surface area contributed by atoms with E-state index in [9.17, 15) is 37.2 Å². The van der Waals surface area contributed by atoms with E-state index in [-0.39, 0.29) is 28.5 Å². The van der Waals surface area contributed by atoms with Crippen molar-refractivity contribution in [3.05, 3.63) is 76.1 Å². The molecule has 0 saturated heterocycles. The molecule has 0 spiro atoms. The summed E-state index contributed by atoms with van der Waals surface area (Å²) in [6, 6.07) is 11.3. The number of nitriles is 1. The number of anilines is 1. The smallest absolute Gasteiger partial charge is 0.416 e. The summed E-state index contributed by atoms with van der Waals surface area (Å²) < 4.78 is 58.3. The molecule has 2 N–H and O–H groups in total. The number of hydrogen-bond donors (Lipinski definition) is 2. The second-order valence-electron chi connectivity index (χ2n) is 7.49. The third kappa shape index (κ3) is 6.04. The first-order valence-electron chi connectivity index (χ1n) is 10.5. The first-order valence-corrected chi connectivity index (χ1v) is 11.5. The minimum Gasteiger partial charge on any atom is -0.465 e. The molecule has 36 heavy (non-hydrogen) atoms. The van der Waals surface area contributed by atoms with Crippen LogP contribution >= 0.6 is 11.8 Å². The predicted molar refractivity (Wildman–Crippen MR) is 123 cm³/mol. The van der Waals surface area contributed by atoms with Crippen LogP contribution in [0.5, 0.6) is 0 Å². The molecule has 1 aliphatic rings. The first-order chi connectivity index (χ1) is 17.1. The van der Waals surface area contributed by atoms with Gasteiger partial charge in [-0.15, -0.1) is 0 Å². The average Bonchev–Trinajstić information content (AvgIpc) is 2.82. The Morgan fingerprint density at radius 1 is 1.19 bits per heavy atom. The normalized spacial score (nSPS) is 17.7. The average molecular weight is 521 g/mol. The van der Waals surface area contributed by atoms with Gasteiger partial charge in [0.15, 0.2) is 0 Å². The summed E-state index contributed by atoms with van der Waals surface area (Å²) in [5.74, 6) is -6.49. The summed E-state index contributed by atoms with van der Waals surface area (Å²) >= 11 is 0.719. The van der Waals surface area contributed by atoms with Gasteiger partial charge >= 0.3 is 12.1 Å². The van der Waals surface area contributed by atoms with Gasteiger partial charge in [0.05, 0.1) is 34.6 Å². The summed E-state index contributed by atoms with van der Waals surface area (Å²) in [6.45, 7) is 1.48. The number of ether oxygens (including phenoxy) is 1. The van der Waals surface area contributed by atoms with Crippen molar-refractivity contribution >= 4 is 35.2 Å². The van der Waals surface area contributed by atoms with Gasteiger partial charge in [-0.05, 0) is 36.8 Å². The molecule has 12 heteroatoms. The number of nitrogens with zero attached hydrogens (tertiary/aromatic N) is 1. The van der Waals surface area contributed by atoms with E-state index in [1.807, 2.05) is 6.07 Å². The number of carbonyl (C=O) groups excluding carboxylic acids is 3. The van der Waals surface area contributed by atoms with Gasteiger partial charge < -0.3 is 15.4 Å². The van der Waals surface area contributed by atoms with Gasteiger partial charge in [0.2, 0.25) is 11.8 Å². The van der Waals surface area contributed by atoms with Crippen molar-refractivity contribution in [2.45, 2.75) is 19.0 Å². The standard InChI is InChI=1S/C24H19F4N3O4S/c1-2-35-23(34)20-19(15-8-3-4-9-17(15)25)16(11-29)22(31-21(20)33)36-12-18(32)30-14-7-5-6-13(10-14)24(26,27)28/h3-10,19-20H,2,12H2,1H3,(H,30,32)(H,31,33)/t19-,20-/m0/s1. The highest BCUT2D eigenvalue weighted by Gasteiger charge is 2.45. The quantitative estimate of drug-likeness (QED) is 0.319. The van der Waals surface area contributed by atoms with Crippen LogP contribution in [-0.4, -0.2) is 30.1 Å². The first kappa shape index (κ1) is 26.7. The predicted octanol–water partition coefficient (Wildman–Crippen LogP) is 4.34. The molecule has 0 unspecified atom stereocenters. The summed E-state index contributed by atoms with van der Waals surface area (Å²) in [4.78, 5) is 37.8. The van der Waals surface area contributed by atoms with Crippen LogP contribution in [0.15, 0.2) is 59.1 Å². The molecule has 0 aliphatic carbocycles. The van der Waals surface area contributed by atoms with Gasteiger partial charge in [-0.2, -0.15) is 18.4 Å². The highest BCUT2D eigenvalue weighted by Crippen LogP contribution is 2.41. The number of alkyl halides is 3. The largest absolute Gasteiger partial charge is 0.465 e. The molecule has 3 rings (SSSR count). The summed E-state index contributed by atoms with van der Waals surface area (Å²) in [7, 11) is 0. The zero-order valence-electron chi connectivity index (χ0n) is 18.7. The van der Waals surface area contributed by atoms with Crippen LogP contribution in [0.4, 0.5) is 23.2 Å². The summed E-state index contributed by atoms with van der Waals surface area (Å²) in [5, 5.41) is 14.5. The van der Waals surface area contributed by atoms with Crippen molar-refractivity contribution in [1.29, 1.82) is 5.26 Å². The van der Waals surface area contributed by atoms with Gasteiger partial charge in [-0.25, -0.2) is 4.39 Å². The molecule has 0 radical (unpaired) electrons. The summed E-state index contributed by atoms with van der Waals surface area (Å²) in [5.41, 5.74) is -1.27. The van der Waals surface area contributed by atoms with Gasteiger partial charge in [-0.3, -0.25) is 14.4 Å². The fourth-order valence-corrected chi connectivity index (χ4v) is 4.44. The number of benzene rings is 2. The zero-order chi connectivity index (χ0) is 26.5. The number of rotatable bonds is 7. The number of amides is 2. The van der Waals surface area contributed by atoms with Gasteiger partial charge in [0, 0.05) is 11.6 Å². The molecular formula is C24H19F4N3O4S. The fourth-order valence-electron chi connectivity index (χ4n) is 3.60. The maximum Gasteiger partial charge on any atom is 0.416 e. The molecule has 1 heterocycles. The van der Waals surface area contributed by atoms with Crippen molar-refractivity contribution in [2.75, 3.05) is 17.7 Å². The number of carbonyl (C=O) groups is 3. The van der Waals surface area contributed by atoms with E-state index in [0.717, 1.165) is 36.0 Å². The maximum absolute atomic E-state index is 14.7. The van der Waals surface area contributed by atoms with Gasteiger partial charge in [0.1, 0.15) is 11.7 Å². The number of nitrogens with one attached hydrogen (secondary N) is 2. The monoisotopic (exact) mass is 521 g/mol. The van der Waals surface area contributed by atoms with Crippen molar-refractivity contribution < 1.29 is 36.7 Å². The topological polar surface area (TPSA) is 108 Å². The molecular weight excluding hydrogens is 502 g/mol. The Balaban J connectivity index is 1.88. The lowest BCUT2D eigenvalue weighted by atomic mass is 9.78. The Morgan fingerprint density at radius 2 is 1.92 bits per heavy atom. The third-order valence-electron chi connectivity index (χ3n) is 5.13. The molecule has 0 aromatic heterocycles. The van der Waals surface area contributed by atoms with Gasteiger partial charge in [-0.1, -0.05) is 36.0 Å². The lowest BCUT2D eigenvalue weighted by Gasteiger charge is -2.31. The molecule has 2 aromatic carbocycles. The van der Waals surface area contributed by atoms with Crippen LogP contribution < -0.4 is 10.6 Å². The van der Waals surface area contributed by atoms with Crippen molar-refractivity contribution in [3.63, 3.8) is 0 Å². The van der Waals surface area contributed by atoms with Crippen LogP contribution in [-0.2, 0) is 25.3 Å². The number of thioether (sulfide) groups is 1. The molecule has 0 saturated carbocycles. The Labute approximate surface area is 207 Å². The molecule has 2 aromatic rings. The van der Waals surface area contributed by atoms with Crippen LogP contribution in [0, 0.1) is 23.1 Å². The Hall–Kier alpha value is -3.85. The molecule has 0 bridgehead atoms. The van der Waals surface area contributed by atoms with E-state index in [1.54, 1.807) is 0 Å². The minimum absolute atomic E-state index is 0.0461. The van der Waals surface area contributed by atoms with Gasteiger partial charge in [0.25, 0.3) is 0 Å². The van der Waals surface area contributed by atoms with Crippen LogP contribution in [0.3, 0.4) is 0 Å². The lowest BCUT2D eigenvalue weighted by molar-refractivity contribution is -0.153. The number of hydrogen-bond acceptors (Lipinski definition) is 6. The highest BCUT2D eigenvalue weighted by atomic mass is 32.2. The van der Waals surface area contributed by atoms with Crippen molar-refractivity contribution in [3.8, 4) is 6.07 Å². The third-order valence-corrected chi connectivity index (χ3v) is 6.15. The minimum atomic E-state index is -4.59. The molecule has 2 atom stereocenters. The van der Waals surface area contributed by atoms with Crippen molar-refractivity contribution in [1.82, 2.24) is 5.32 Å². The SMILES string of the molecule is CCOC(=O)[C@@H]1C(=O)NC(SCC(=O)Nc2cccc(C(F)(F)F)c2)=C(C#N)[C@@H]1c1ccccc1F. The van der Waals surface area contributed by atoms with Crippen molar-refractivity contribution in [2.24, 2.45) is 5.92 Å². The highest BCUT2D eigenvalue weighted by molar-refractivity contribution is 8.03. The summed E-state index contributed by atoms with van der Waals surface area (Å²) in [6.07, 6.45) is -4.59. The molecule has 1 aliphatic heterocycles. The second kappa shape index (κ2) is 11.3. The molecule has 7 nitrogen and oxygen atoms in total. The van der Waals surface area contributed by atoms with E-state index < -0.39 is 52.9 Å². The Bertz CT molecular complexity index is 1260. The zero-order valence-corrected chi connectivity index (χ0v) is 19.5. The maximum atomic E-state index is 14.7. The number of halogens is 4. The van der Waals surface area contributed by atoms with E-state index in [2.05, 4.69) is 10.6 Å². The van der Waals surface area contributed by atoms with E-state index in [1.165, 1.54) is 31.2 Å². The number of allylic oxidation sites excluding steroid dienone is 1. The van der Waals surface area contributed by atoms with E-state index >= 15 is 0 Å². The lowest BCUT2D eigenvalue weighted by Crippen LogP contribution is -2.44. The van der Waals surface area contributed by atoms with Crippen LogP contribution in [0.1, 0.15) is 24.0 Å².